The van der Waals surface area contributed by atoms with E-state index in [1.807, 2.05) is 12.1 Å². The molecule has 1 aliphatic heterocycles. The highest BCUT2D eigenvalue weighted by Gasteiger charge is 2.22. The standard InChI is InChI=1S/C15H22N4O2/c1-11(2)19(9-12-5-3-7-16-12)10-14-17-15(18-21-14)13-6-4-8-20-13/h4,6,8,11-12,16H,3,5,7,9-10H2,1-2H3. The first-order valence-corrected chi connectivity index (χ1v) is 7.56. The Balaban J connectivity index is 1.65. The summed E-state index contributed by atoms with van der Waals surface area (Å²) in [6.07, 6.45) is 4.11. The van der Waals surface area contributed by atoms with E-state index >= 15 is 0 Å². The van der Waals surface area contributed by atoms with Gasteiger partial charge in [0.1, 0.15) is 0 Å². The molecule has 3 rings (SSSR count). The zero-order chi connectivity index (χ0) is 14.7. The molecule has 21 heavy (non-hydrogen) atoms. The highest BCUT2D eigenvalue weighted by molar-refractivity contribution is 5.44. The minimum absolute atomic E-state index is 0.436. The summed E-state index contributed by atoms with van der Waals surface area (Å²) in [5.74, 6) is 1.78. The average Bonchev–Trinajstić information content (AvgIpc) is 3.20. The van der Waals surface area contributed by atoms with Crippen LogP contribution in [0.5, 0.6) is 0 Å². The van der Waals surface area contributed by atoms with Gasteiger partial charge in [0.25, 0.3) is 0 Å². The number of rotatable bonds is 6. The fourth-order valence-electron chi connectivity index (χ4n) is 2.65. The summed E-state index contributed by atoms with van der Waals surface area (Å²) in [6.45, 7) is 7.19. The number of hydrogen-bond donors (Lipinski definition) is 1. The Bertz CT molecular complexity index is 544. The Hall–Kier alpha value is -1.66. The SMILES string of the molecule is CC(C)N(Cc1nc(-c2ccco2)no1)CC1CCCN1. The van der Waals surface area contributed by atoms with E-state index in [9.17, 15) is 0 Å². The Labute approximate surface area is 124 Å². The van der Waals surface area contributed by atoms with Crippen molar-refractivity contribution in [3.05, 3.63) is 24.3 Å². The molecule has 1 fully saturated rings. The molecule has 1 atom stereocenters. The zero-order valence-corrected chi connectivity index (χ0v) is 12.6. The van der Waals surface area contributed by atoms with Gasteiger partial charge < -0.3 is 14.3 Å². The number of nitrogens with zero attached hydrogens (tertiary/aromatic N) is 3. The average molecular weight is 290 g/mol. The van der Waals surface area contributed by atoms with Crippen molar-refractivity contribution in [2.24, 2.45) is 0 Å². The molecule has 1 unspecified atom stereocenters. The summed E-state index contributed by atoms with van der Waals surface area (Å²) in [5.41, 5.74) is 0. The molecule has 114 valence electrons. The fourth-order valence-corrected chi connectivity index (χ4v) is 2.65. The summed E-state index contributed by atoms with van der Waals surface area (Å²) in [4.78, 5) is 6.78. The van der Waals surface area contributed by atoms with Gasteiger partial charge in [-0.1, -0.05) is 5.16 Å². The molecule has 0 radical (unpaired) electrons. The summed E-state index contributed by atoms with van der Waals surface area (Å²) in [7, 11) is 0. The minimum Gasteiger partial charge on any atom is -0.461 e. The number of nitrogens with one attached hydrogen (secondary N) is 1. The van der Waals surface area contributed by atoms with Crippen LogP contribution in [0.1, 0.15) is 32.6 Å². The molecule has 0 amide bonds. The molecule has 1 N–H and O–H groups in total. The van der Waals surface area contributed by atoms with E-state index in [0.717, 1.165) is 13.1 Å². The van der Waals surface area contributed by atoms with Crippen LogP contribution >= 0.6 is 0 Å². The van der Waals surface area contributed by atoms with E-state index in [1.165, 1.54) is 12.8 Å². The predicted octanol–water partition coefficient (Wildman–Crippen LogP) is 2.29. The summed E-state index contributed by atoms with van der Waals surface area (Å²) in [6, 6.07) is 4.65. The van der Waals surface area contributed by atoms with Gasteiger partial charge in [0.15, 0.2) is 5.76 Å². The zero-order valence-electron chi connectivity index (χ0n) is 12.6. The second-order valence-electron chi connectivity index (χ2n) is 5.81. The molecule has 1 aliphatic rings. The number of hydrogen-bond acceptors (Lipinski definition) is 6. The van der Waals surface area contributed by atoms with Crippen molar-refractivity contribution in [1.82, 2.24) is 20.4 Å². The van der Waals surface area contributed by atoms with Crippen LogP contribution in [0.3, 0.4) is 0 Å². The molecule has 0 aromatic carbocycles. The Kier molecular flexibility index (Phi) is 4.36. The van der Waals surface area contributed by atoms with Crippen LogP contribution in [0, 0.1) is 0 Å². The monoisotopic (exact) mass is 290 g/mol. The summed E-state index contributed by atoms with van der Waals surface area (Å²) < 4.78 is 10.6. The summed E-state index contributed by atoms with van der Waals surface area (Å²) >= 11 is 0. The minimum atomic E-state index is 0.436. The number of furan rings is 1. The summed E-state index contributed by atoms with van der Waals surface area (Å²) in [5, 5.41) is 7.51. The quantitative estimate of drug-likeness (QED) is 0.880. The van der Waals surface area contributed by atoms with Crippen LogP contribution in [0.2, 0.25) is 0 Å². The van der Waals surface area contributed by atoms with Gasteiger partial charge in [0.05, 0.1) is 12.8 Å². The van der Waals surface area contributed by atoms with E-state index in [-0.39, 0.29) is 0 Å². The first kappa shape index (κ1) is 14.3. The van der Waals surface area contributed by atoms with Crippen LogP contribution in [0.15, 0.2) is 27.3 Å². The third kappa shape index (κ3) is 3.51. The lowest BCUT2D eigenvalue weighted by atomic mass is 10.2. The topological polar surface area (TPSA) is 67.3 Å². The van der Waals surface area contributed by atoms with Gasteiger partial charge in [-0.2, -0.15) is 4.98 Å². The smallest absolute Gasteiger partial charge is 0.241 e. The van der Waals surface area contributed by atoms with Crippen molar-refractivity contribution >= 4 is 0 Å². The Morgan fingerprint density at radius 1 is 1.48 bits per heavy atom. The third-order valence-corrected chi connectivity index (χ3v) is 3.90. The maximum Gasteiger partial charge on any atom is 0.241 e. The van der Waals surface area contributed by atoms with Crippen molar-refractivity contribution in [1.29, 1.82) is 0 Å². The Morgan fingerprint density at radius 2 is 2.38 bits per heavy atom. The lowest BCUT2D eigenvalue weighted by molar-refractivity contribution is 0.170. The molecular weight excluding hydrogens is 268 g/mol. The number of aromatic nitrogens is 2. The largest absolute Gasteiger partial charge is 0.461 e. The first-order valence-electron chi connectivity index (χ1n) is 7.56. The fraction of sp³-hybridized carbons (Fsp3) is 0.600. The van der Waals surface area contributed by atoms with Crippen molar-refractivity contribution in [2.45, 2.75) is 45.3 Å². The van der Waals surface area contributed by atoms with Gasteiger partial charge >= 0.3 is 0 Å². The van der Waals surface area contributed by atoms with Crippen LogP contribution in [0.4, 0.5) is 0 Å². The van der Waals surface area contributed by atoms with E-state index in [4.69, 9.17) is 8.94 Å². The molecule has 1 saturated heterocycles. The van der Waals surface area contributed by atoms with Crippen molar-refractivity contribution in [3.8, 4) is 11.6 Å². The normalized spacial score (nSPS) is 19.0. The molecule has 0 bridgehead atoms. The maximum atomic E-state index is 5.35. The third-order valence-electron chi connectivity index (χ3n) is 3.90. The lowest BCUT2D eigenvalue weighted by Crippen LogP contribution is -2.40. The second-order valence-corrected chi connectivity index (χ2v) is 5.81. The van der Waals surface area contributed by atoms with Crippen LogP contribution in [0.25, 0.3) is 11.6 Å². The van der Waals surface area contributed by atoms with Gasteiger partial charge in [-0.05, 0) is 45.4 Å². The van der Waals surface area contributed by atoms with Crippen molar-refractivity contribution in [2.75, 3.05) is 13.1 Å². The van der Waals surface area contributed by atoms with Gasteiger partial charge in [0, 0.05) is 18.6 Å². The predicted molar refractivity (Wildman–Crippen MR) is 78.6 cm³/mol. The van der Waals surface area contributed by atoms with Crippen molar-refractivity contribution < 1.29 is 8.94 Å². The molecule has 0 saturated carbocycles. The molecule has 3 heterocycles. The van der Waals surface area contributed by atoms with Gasteiger partial charge in [0.2, 0.25) is 11.7 Å². The van der Waals surface area contributed by atoms with Gasteiger partial charge in [-0.3, -0.25) is 4.90 Å². The molecule has 2 aromatic heterocycles. The van der Waals surface area contributed by atoms with Gasteiger partial charge in [-0.25, -0.2) is 0 Å². The highest BCUT2D eigenvalue weighted by atomic mass is 16.5. The van der Waals surface area contributed by atoms with Gasteiger partial charge in [-0.15, -0.1) is 0 Å². The maximum absolute atomic E-state index is 5.35. The highest BCUT2D eigenvalue weighted by Crippen LogP contribution is 2.17. The van der Waals surface area contributed by atoms with E-state index in [0.29, 0.717) is 36.1 Å². The Morgan fingerprint density at radius 3 is 3.05 bits per heavy atom. The molecule has 6 nitrogen and oxygen atoms in total. The van der Waals surface area contributed by atoms with E-state index in [2.05, 4.69) is 34.2 Å². The first-order chi connectivity index (χ1) is 10.2. The van der Waals surface area contributed by atoms with Crippen molar-refractivity contribution in [3.63, 3.8) is 0 Å². The second kappa shape index (κ2) is 6.41. The van der Waals surface area contributed by atoms with Crippen LogP contribution in [-0.4, -0.2) is 40.2 Å². The molecule has 0 spiro atoms. The van der Waals surface area contributed by atoms with Crippen LogP contribution < -0.4 is 5.32 Å². The lowest BCUT2D eigenvalue weighted by Gasteiger charge is -2.27. The molecule has 0 aliphatic carbocycles. The molecule has 2 aromatic rings. The van der Waals surface area contributed by atoms with E-state index in [1.54, 1.807) is 6.26 Å². The molecular formula is C15H22N4O2. The van der Waals surface area contributed by atoms with Crippen LogP contribution in [-0.2, 0) is 6.54 Å². The molecule has 6 heteroatoms. The van der Waals surface area contributed by atoms with E-state index < -0.39 is 0 Å².